The molecule has 2 fully saturated rings. The third-order valence-electron chi connectivity index (χ3n) is 5.09. The van der Waals surface area contributed by atoms with Crippen molar-refractivity contribution < 1.29 is 14.6 Å². The van der Waals surface area contributed by atoms with Crippen LogP contribution in [-0.4, -0.2) is 49.0 Å². The molecule has 1 aliphatic carbocycles. The first-order valence-corrected chi connectivity index (χ1v) is 8.30. The van der Waals surface area contributed by atoms with E-state index in [9.17, 15) is 5.11 Å². The van der Waals surface area contributed by atoms with Gasteiger partial charge in [0.1, 0.15) is 5.75 Å². The maximum Gasteiger partial charge on any atom is 0.123 e. The fraction of sp³-hybridized carbons (Fsp3) is 0.611. The minimum absolute atomic E-state index is 0.225. The number of morpholine rings is 1. The number of methoxy groups -OCH3 is 1. The van der Waals surface area contributed by atoms with Crippen LogP contribution in [-0.2, 0) is 11.3 Å². The Morgan fingerprint density at radius 1 is 1.43 bits per heavy atom. The van der Waals surface area contributed by atoms with Gasteiger partial charge in [0, 0.05) is 30.6 Å². The van der Waals surface area contributed by atoms with Crippen LogP contribution in [0, 0.1) is 17.2 Å². The second kappa shape index (κ2) is 7.31. The third kappa shape index (κ3) is 3.50. The Balaban J connectivity index is 1.80. The van der Waals surface area contributed by atoms with Gasteiger partial charge in [0.05, 0.1) is 38.1 Å². The monoisotopic (exact) mass is 316 g/mol. The molecule has 124 valence electrons. The summed E-state index contributed by atoms with van der Waals surface area (Å²) < 4.78 is 11.1. The molecule has 5 nitrogen and oxygen atoms in total. The molecule has 1 saturated heterocycles. The molecule has 23 heavy (non-hydrogen) atoms. The average molecular weight is 316 g/mol. The Morgan fingerprint density at radius 3 is 3.00 bits per heavy atom. The van der Waals surface area contributed by atoms with E-state index >= 15 is 0 Å². The normalized spacial score (nSPS) is 28.5. The van der Waals surface area contributed by atoms with Gasteiger partial charge in [0.15, 0.2) is 0 Å². The number of rotatable bonds is 4. The largest absolute Gasteiger partial charge is 0.496 e. The van der Waals surface area contributed by atoms with Crippen molar-refractivity contribution in [1.82, 2.24) is 4.90 Å². The molecule has 5 heteroatoms. The number of benzene rings is 1. The van der Waals surface area contributed by atoms with Gasteiger partial charge in [-0.3, -0.25) is 4.90 Å². The molecule has 1 aliphatic heterocycles. The van der Waals surface area contributed by atoms with Crippen LogP contribution in [0.4, 0.5) is 0 Å². The quantitative estimate of drug-likeness (QED) is 0.919. The molecule has 0 radical (unpaired) electrons. The van der Waals surface area contributed by atoms with Crippen LogP contribution in [0.3, 0.4) is 0 Å². The van der Waals surface area contributed by atoms with Crippen molar-refractivity contribution in [3.8, 4) is 11.8 Å². The predicted octanol–water partition coefficient (Wildman–Crippen LogP) is 1.93. The molecular weight excluding hydrogens is 292 g/mol. The van der Waals surface area contributed by atoms with Crippen molar-refractivity contribution in [2.45, 2.75) is 38.0 Å². The van der Waals surface area contributed by atoms with Crippen molar-refractivity contribution in [2.75, 3.05) is 26.9 Å². The Labute approximate surface area is 137 Å². The van der Waals surface area contributed by atoms with E-state index in [-0.39, 0.29) is 18.1 Å². The topological polar surface area (TPSA) is 65.7 Å². The highest BCUT2D eigenvalue weighted by atomic mass is 16.5. The summed E-state index contributed by atoms with van der Waals surface area (Å²) >= 11 is 0. The number of hydrogen-bond donors (Lipinski definition) is 1. The Bertz CT molecular complexity index is 584. The summed E-state index contributed by atoms with van der Waals surface area (Å²) in [5.74, 6) is 1.08. The maximum atomic E-state index is 10.3. The summed E-state index contributed by atoms with van der Waals surface area (Å²) in [7, 11) is 1.66. The van der Waals surface area contributed by atoms with Crippen LogP contribution in [0.1, 0.15) is 30.4 Å². The minimum Gasteiger partial charge on any atom is -0.496 e. The first-order valence-electron chi connectivity index (χ1n) is 8.30. The molecule has 0 spiro atoms. The Kier molecular flexibility index (Phi) is 5.16. The summed E-state index contributed by atoms with van der Waals surface area (Å²) in [6.07, 6.45) is 2.81. The SMILES string of the molecule is COc1ccc(C#N)cc1CN1CCOC[C@@H]1[C@@H]1CCC[C@@H]1O. The van der Waals surface area contributed by atoms with E-state index < -0.39 is 0 Å². The molecule has 1 aromatic rings. The number of hydrogen-bond acceptors (Lipinski definition) is 5. The third-order valence-corrected chi connectivity index (χ3v) is 5.09. The fourth-order valence-corrected chi connectivity index (χ4v) is 3.86. The van der Waals surface area contributed by atoms with Crippen LogP contribution in [0.25, 0.3) is 0 Å². The molecule has 1 heterocycles. The Morgan fingerprint density at radius 2 is 2.30 bits per heavy atom. The second-order valence-corrected chi connectivity index (χ2v) is 6.41. The minimum atomic E-state index is -0.225. The van der Waals surface area contributed by atoms with Gasteiger partial charge in [-0.25, -0.2) is 0 Å². The summed E-state index contributed by atoms with van der Waals surface area (Å²) in [6.45, 7) is 2.94. The van der Waals surface area contributed by atoms with Gasteiger partial charge >= 0.3 is 0 Å². The zero-order chi connectivity index (χ0) is 16.2. The van der Waals surface area contributed by atoms with Gasteiger partial charge in [0.25, 0.3) is 0 Å². The van der Waals surface area contributed by atoms with Crippen molar-refractivity contribution in [3.05, 3.63) is 29.3 Å². The van der Waals surface area contributed by atoms with E-state index in [0.717, 1.165) is 43.7 Å². The van der Waals surface area contributed by atoms with Crippen molar-refractivity contribution >= 4 is 0 Å². The first-order chi connectivity index (χ1) is 11.2. The molecule has 2 aliphatic rings. The average Bonchev–Trinajstić information content (AvgIpc) is 3.01. The van der Waals surface area contributed by atoms with Gasteiger partial charge in [0.2, 0.25) is 0 Å². The van der Waals surface area contributed by atoms with E-state index in [1.165, 1.54) is 0 Å². The summed E-state index contributed by atoms with van der Waals surface area (Å²) in [4.78, 5) is 2.38. The lowest BCUT2D eigenvalue weighted by atomic mass is 9.93. The molecule has 1 N–H and O–H groups in total. The van der Waals surface area contributed by atoms with E-state index in [0.29, 0.717) is 18.8 Å². The molecule has 0 bridgehead atoms. The molecule has 1 saturated carbocycles. The zero-order valence-corrected chi connectivity index (χ0v) is 13.6. The maximum absolute atomic E-state index is 10.3. The first kappa shape index (κ1) is 16.3. The van der Waals surface area contributed by atoms with Crippen LogP contribution in [0.2, 0.25) is 0 Å². The van der Waals surface area contributed by atoms with E-state index in [1.807, 2.05) is 12.1 Å². The summed E-state index contributed by atoms with van der Waals surface area (Å²) in [5, 5.41) is 19.4. The lowest BCUT2D eigenvalue weighted by molar-refractivity contribution is -0.0538. The van der Waals surface area contributed by atoms with Gasteiger partial charge in [-0.1, -0.05) is 6.42 Å². The molecule has 0 unspecified atom stereocenters. The molecule has 0 amide bonds. The lowest BCUT2D eigenvalue weighted by Crippen LogP contribution is -2.50. The molecule has 0 aromatic heterocycles. The summed E-state index contributed by atoms with van der Waals surface area (Å²) in [5.41, 5.74) is 1.66. The van der Waals surface area contributed by atoms with Crippen molar-refractivity contribution in [3.63, 3.8) is 0 Å². The molecule has 3 atom stereocenters. The highest BCUT2D eigenvalue weighted by molar-refractivity contribution is 5.42. The Hall–Kier alpha value is -1.61. The van der Waals surface area contributed by atoms with Gasteiger partial charge in [-0.2, -0.15) is 5.26 Å². The summed E-state index contributed by atoms with van der Waals surface area (Å²) in [6, 6.07) is 7.96. The van der Waals surface area contributed by atoms with E-state index in [1.54, 1.807) is 13.2 Å². The number of aliphatic hydroxyl groups is 1. The van der Waals surface area contributed by atoms with Crippen LogP contribution >= 0.6 is 0 Å². The van der Waals surface area contributed by atoms with Gasteiger partial charge in [-0.05, 0) is 31.0 Å². The van der Waals surface area contributed by atoms with Crippen molar-refractivity contribution in [2.24, 2.45) is 5.92 Å². The number of aliphatic hydroxyl groups excluding tert-OH is 1. The van der Waals surface area contributed by atoms with Crippen LogP contribution in [0.15, 0.2) is 18.2 Å². The second-order valence-electron chi connectivity index (χ2n) is 6.41. The lowest BCUT2D eigenvalue weighted by Gasteiger charge is -2.40. The highest BCUT2D eigenvalue weighted by Gasteiger charge is 2.37. The number of nitriles is 1. The standard InChI is InChI=1S/C18H24N2O3/c1-22-18-6-5-13(10-19)9-14(18)11-20-7-8-23-12-16(20)15-3-2-4-17(15)21/h5-6,9,15-17,21H,2-4,7-8,11-12H2,1H3/t15-,16+,17-/m0/s1. The van der Waals surface area contributed by atoms with E-state index in [4.69, 9.17) is 14.7 Å². The highest BCUT2D eigenvalue weighted by Crippen LogP contribution is 2.33. The van der Waals surface area contributed by atoms with Crippen molar-refractivity contribution in [1.29, 1.82) is 5.26 Å². The van der Waals surface area contributed by atoms with Crippen LogP contribution < -0.4 is 4.74 Å². The number of nitrogens with zero attached hydrogens (tertiary/aromatic N) is 2. The van der Waals surface area contributed by atoms with Gasteiger partial charge < -0.3 is 14.6 Å². The van der Waals surface area contributed by atoms with Crippen LogP contribution in [0.5, 0.6) is 5.75 Å². The molecule has 1 aromatic carbocycles. The van der Waals surface area contributed by atoms with E-state index in [2.05, 4.69) is 11.0 Å². The number of ether oxygens (including phenoxy) is 2. The molecular formula is C18H24N2O3. The predicted molar refractivity (Wildman–Crippen MR) is 86.1 cm³/mol. The smallest absolute Gasteiger partial charge is 0.123 e. The van der Waals surface area contributed by atoms with Gasteiger partial charge in [-0.15, -0.1) is 0 Å². The molecule has 3 rings (SSSR count). The zero-order valence-electron chi connectivity index (χ0n) is 13.6. The fourth-order valence-electron chi connectivity index (χ4n) is 3.86.